The molecule has 2 saturated heterocycles. The van der Waals surface area contributed by atoms with Crippen molar-refractivity contribution >= 4 is 39.7 Å². The molecule has 1 atom stereocenters. The summed E-state index contributed by atoms with van der Waals surface area (Å²) in [6.07, 6.45) is 3.68. The van der Waals surface area contributed by atoms with Crippen molar-refractivity contribution in [3.63, 3.8) is 0 Å². The molecule has 1 amide bonds. The Kier molecular flexibility index (Phi) is 6.54. The van der Waals surface area contributed by atoms with E-state index in [-0.39, 0.29) is 28.6 Å². The van der Waals surface area contributed by atoms with Gasteiger partial charge < -0.3 is 10.6 Å². The first-order valence-electron chi connectivity index (χ1n) is 8.44. The summed E-state index contributed by atoms with van der Waals surface area (Å²) >= 11 is 1.21. The van der Waals surface area contributed by atoms with Gasteiger partial charge in [-0.2, -0.15) is 4.31 Å². The lowest BCUT2D eigenvalue weighted by Gasteiger charge is -2.26. The molecular formula is C16H26ClN3O3S2. The molecule has 1 aromatic rings. The van der Waals surface area contributed by atoms with Crippen LogP contribution in [0.3, 0.4) is 0 Å². The van der Waals surface area contributed by atoms with Gasteiger partial charge in [-0.25, -0.2) is 8.42 Å². The van der Waals surface area contributed by atoms with E-state index in [0.717, 1.165) is 25.7 Å². The minimum Gasteiger partial charge on any atom is -0.337 e. The van der Waals surface area contributed by atoms with Crippen molar-refractivity contribution in [2.24, 2.45) is 11.1 Å². The fourth-order valence-corrected chi connectivity index (χ4v) is 6.29. The second kappa shape index (κ2) is 7.92. The number of hydrogen-bond acceptors (Lipinski definition) is 5. The van der Waals surface area contributed by atoms with Crippen molar-refractivity contribution in [1.29, 1.82) is 0 Å². The Morgan fingerprint density at radius 3 is 2.56 bits per heavy atom. The van der Waals surface area contributed by atoms with Gasteiger partial charge in [0, 0.05) is 26.2 Å². The van der Waals surface area contributed by atoms with Crippen LogP contribution in [0.2, 0.25) is 0 Å². The molecule has 0 radical (unpaired) electrons. The third-order valence-corrected chi connectivity index (χ3v) is 8.07. The Morgan fingerprint density at radius 2 is 1.96 bits per heavy atom. The molecule has 3 heterocycles. The molecule has 0 saturated carbocycles. The molecule has 0 aliphatic carbocycles. The van der Waals surface area contributed by atoms with Crippen LogP contribution in [0, 0.1) is 5.41 Å². The zero-order chi connectivity index (χ0) is 17.4. The topological polar surface area (TPSA) is 83.7 Å². The zero-order valence-corrected chi connectivity index (χ0v) is 16.9. The molecule has 2 aliphatic rings. The first-order chi connectivity index (χ1) is 11.4. The molecule has 6 nitrogen and oxygen atoms in total. The summed E-state index contributed by atoms with van der Waals surface area (Å²) in [5, 5.41) is 1.70. The smallest absolute Gasteiger partial charge is 0.265 e. The quantitative estimate of drug-likeness (QED) is 0.828. The predicted octanol–water partition coefficient (Wildman–Crippen LogP) is 2.16. The van der Waals surface area contributed by atoms with Crippen molar-refractivity contribution in [2.75, 3.05) is 32.7 Å². The Morgan fingerprint density at radius 1 is 1.28 bits per heavy atom. The van der Waals surface area contributed by atoms with E-state index in [2.05, 4.69) is 6.92 Å². The van der Waals surface area contributed by atoms with Gasteiger partial charge in [0.25, 0.3) is 5.91 Å². The second-order valence-corrected chi connectivity index (χ2v) is 9.89. The van der Waals surface area contributed by atoms with Crippen molar-refractivity contribution < 1.29 is 13.2 Å². The predicted molar refractivity (Wildman–Crippen MR) is 102 cm³/mol. The highest BCUT2D eigenvalue weighted by Crippen LogP contribution is 2.33. The van der Waals surface area contributed by atoms with Crippen LogP contribution < -0.4 is 5.73 Å². The monoisotopic (exact) mass is 407 g/mol. The standard InChI is InChI=1S/C16H25N3O3S2.ClH/c1-16(11-17)6-9-18(12-16)15(20)14-13(5-10-23-14)24(21,22)19-7-3-2-4-8-19;/h5,10H,2-4,6-9,11-12,17H2,1H3;1H. The second-order valence-electron chi connectivity index (χ2n) is 7.07. The minimum atomic E-state index is -3.59. The van der Waals surface area contributed by atoms with Crippen molar-refractivity contribution in [3.8, 4) is 0 Å². The van der Waals surface area contributed by atoms with Gasteiger partial charge in [0.05, 0.1) is 0 Å². The largest absolute Gasteiger partial charge is 0.337 e. The first kappa shape index (κ1) is 20.6. The van der Waals surface area contributed by atoms with Gasteiger partial charge in [-0.05, 0) is 42.7 Å². The highest BCUT2D eigenvalue weighted by atomic mass is 35.5. The third kappa shape index (κ3) is 4.03. The average Bonchev–Trinajstić information content (AvgIpc) is 3.23. The van der Waals surface area contributed by atoms with Gasteiger partial charge in [-0.3, -0.25) is 4.79 Å². The molecular weight excluding hydrogens is 382 g/mol. The van der Waals surface area contributed by atoms with Gasteiger partial charge in [0.15, 0.2) is 0 Å². The molecule has 1 aromatic heterocycles. The minimum absolute atomic E-state index is 0. The number of amides is 1. The van der Waals surface area contributed by atoms with E-state index in [9.17, 15) is 13.2 Å². The molecule has 1 unspecified atom stereocenters. The molecule has 25 heavy (non-hydrogen) atoms. The Balaban J connectivity index is 0.00000225. The van der Waals surface area contributed by atoms with Gasteiger partial charge in [0.1, 0.15) is 9.77 Å². The average molecular weight is 408 g/mol. The Hall–Kier alpha value is -0.670. The lowest BCUT2D eigenvalue weighted by atomic mass is 9.90. The number of nitrogens with zero attached hydrogens (tertiary/aromatic N) is 2. The van der Waals surface area contributed by atoms with Crippen molar-refractivity contribution in [2.45, 2.75) is 37.5 Å². The van der Waals surface area contributed by atoms with Crippen LogP contribution >= 0.6 is 23.7 Å². The van der Waals surface area contributed by atoms with Crippen molar-refractivity contribution in [3.05, 3.63) is 16.3 Å². The summed E-state index contributed by atoms with van der Waals surface area (Å²) < 4.78 is 27.3. The number of carbonyl (C=O) groups excluding carboxylic acids is 1. The molecule has 142 valence electrons. The van der Waals surface area contributed by atoms with Crippen LogP contribution in [-0.2, 0) is 10.0 Å². The molecule has 9 heteroatoms. The summed E-state index contributed by atoms with van der Waals surface area (Å²) in [6.45, 7) is 4.90. The third-order valence-electron chi connectivity index (χ3n) is 5.09. The molecule has 2 aliphatic heterocycles. The summed E-state index contributed by atoms with van der Waals surface area (Å²) in [5.74, 6) is -0.183. The summed E-state index contributed by atoms with van der Waals surface area (Å²) in [7, 11) is -3.59. The molecule has 3 rings (SSSR count). The number of thiophene rings is 1. The molecule has 2 N–H and O–H groups in total. The van der Waals surface area contributed by atoms with E-state index in [4.69, 9.17) is 5.73 Å². The van der Waals surface area contributed by atoms with E-state index >= 15 is 0 Å². The van der Waals surface area contributed by atoms with Crippen LogP contribution in [0.25, 0.3) is 0 Å². The van der Waals surface area contributed by atoms with Crippen LogP contribution in [0.5, 0.6) is 0 Å². The lowest BCUT2D eigenvalue weighted by Crippen LogP contribution is -2.37. The maximum absolute atomic E-state index is 12.9. The number of piperidine rings is 1. The van der Waals surface area contributed by atoms with Gasteiger partial charge in [-0.15, -0.1) is 23.7 Å². The molecule has 2 fully saturated rings. The van der Waals surface area contributed by atoms with Crippen LogP contribution in [0.1, 0.15) is 42.3 Å². The number of nitrogens with two attached hydrogens (primary N) is 1. The number of likely N-dealkylation sites (tertiary alicyclic amines) is 1. The normalized spacial score (nSPS) is 25.0. The summed E-state index contributed by atoms with van der Waals surface area (Å²) in [6, 6.07) is 1.57. The number of carbonyl (C=O) groups is 1. The van der Waals surface area contributed by atoms with E-state index < -0.39 is 10.0 Å². The number of halogens is 1. The van der Waals surface area contributed by atoms with Crippen LogP contribution in [0.15, 0.2) is 16.3 Å². The molecule has 0 spiro atoms. The van der Waals surface area contributed by atoms with E-state index in [1.165, 1.54) is 15.6 Å². The maximum atomic E-state index is 12.9. The first-order valence-corrected chi connectivity index (χ1v) is 10.8. The van der Waals surface area contributed by atoms with Gasteiger partial charge >= 0.3 is 0 Å². The van der Waals surface area contributed by atoms with Gasteiger partial charge in [0.2, 0.25) is 10.0 Å². The van der Waals surface area contributed by atoms with Gasteiger partial charge in [-0.1, -0.05) is 13.3 Å². The maximum Gasteiger partial charge on any atom is 0.265 e. The SMILES string of the molecule is CC1(CN)CCN(C(=O)c2sccc2S(=O)(=O)N2CCCCC2)C1.Cl. The Labute approximate surface area is 159 Å². The summed E-state index contributed by atoms with van der Waals surface area (Å²) in [5.41, 5.74) is 5.74. The highest BCUT2D eigenvalue weighted by molar-refractivity contribution is 7.89. The fourth-order valence-electron chi connectivity index (χ4n) is 3.41. The number of sulfonamides is 1. The lowest BCUT2D eigenvalue weighted by molar-refractivity contribution is 0.0778. The fraction of sp³-hybridized carbons (Fsp3) is 0.688. The number of rotatable bonds is 4. The van der Waals surface area contributed by atoms with E-state index in [1.54, 1.807) is 16.3 Å². The number of hydrogen-bond donors (Lipinski definition) is 1. The summed E-state index contributed by atoms with van der Waals surface area (Å²) in [4.78, 5) is 15.1. The molecule has 0 bridgehead atoms. The van der Waals surface area contributed by atoms with Crippen LogP contribution in [-0.4, -0.2) is 56.3 Å². The highest BCUT2D eigenvalue weighted by Gasteiger charge is 2.38. The van der Waals surface area contributed by atoms with E-state index in [0.29, 0.717) is 37.6 Å². The zero-order valence-electron chi connectivity index (χ0n) is 14.4. The van der Waals surface area contributed by atoms with E-state index in [1.807, 2.05) is 0 Å². The van der Waals surface area contributed by atoms with Crippen LogP contribution in [0.4, 0.5) is 0 Å². The Bertz CT molecular complexity index is 716. The van der Waals surface area contributed by atoms with Crippen molar-refractivity contribution in [1.82, 2.24) is 9.21 Å². The molecule has 0 aromatic carbocycles.